The molecule has 8 unspecified atom stereocenters. The maximum absolute atomic E-state index is 12.7. The molecule has 2 aromatic heterocycles. The van der Waals surface area contributed by atoms with Gasteiger partial charge in [0.1, 0.15) is 36.3 Å². The number of rotatable bonds is 25. The van der Waals surface area contributed by atoms with Gasteiger partial charge in [0.15, 0.2) is 17.7 Å². The van der Waals surface area contributed by atoms with E-state index in [1.165, 1.54) is 13.8 Å². The molecule has 0 radical (unpaired) electrons. The summed E-state index contributed by atoms with van der Waals surface area (Å²) in [6.45, 7) is 3.60. The monoisotopic (exact) mass is 936 g/mol. The number of nitrogen functional groups attached to an aromatic ring is 1. The summed E-state index contributed by atoms with van der Waals surface area (Å²) in [5, 5.41) is 34.8. The molecule has 0 spiro atoms. The SMILES string of the molecule is C=C(CCCC(N)C(=O)SCCNC(=O)CCNC(=O)C(O)C(C)(C)COP(=O)(O)OP(=O)(O)OCC1OC(n2cnc3c(N)ncnc32)C(O)C1OP(=O)(O)O)C(=O)O. The minimum Gasteiger partial charge on any atom is -0.478 e. The van der Waals surface area contributed by atoms with Crippen LogP contribution in [0.4, 0.5) is 5.82 Å². The third kappa shape index (κ3) is 15.6. The van der Waals surface area contributed by atoms with Gasteiger partial charge in [0.25, 0.3) is 0 Å². The predicted molar refractivity (Wildman–Crippen MR) is 206 cm³/mol. The number of imidazole rings is 1. The molecule has 60 heavy (non-hydrogen) atoms. The molecule has 0 aromatic carbocycles. The average Bonchev–Trinajstić information content (AvgIpc) is 3.71. The molecule has 1 aliphatic rings. The Morgan fingerprint density at radius 1 is 1.05 bits per heavy atom. The van der Waals surface area contributed by atoms with E-state index < -0.39 is 96.6 Å². The topological polar surface area (TPSA) is 427 Å². The van der Waals surface area contributed by atoms with Gasteiger partial charge in [-0.2, -0.15) is 4.31 Å². The summed E-state index contributed by atoms with van der Waals surface area (Å²) in [6, 6.07) is -0.829. The van der Waals surface area contributed by atoms with E-state index in [2.05, 4.69) is 41.0 Å². The number of thioether (sulfide) groups is 1. The number of anilines is 1. The van der Waals surface area contributed by atoms with Crippen LogP contribution in [0, 0.1) is 5.41 Å². The van der Waals surface area contributed by atoms with Crippen molar-refractivity contribution < 1.29 is 90.4 Å². The first-order valence-electron chi connectivity index (χ1n) is 17.5. The van der Waals surface area contributed by atoms with Crippen molar-refractivity contribution in [3.05, 3.63) is 24.8 Å². The lowest BCUT2D eigenvalue weighted by Crippen LogP contribution is -2.46. The van der Waals surface area contributed by atoms with Crippen LogP contribution >= 0.6 is 35.2 Å². The van der Waals surface area contributed by atoms with Gasteiger partial charge in [-0.1, -0.05) is 32.2 Å². The summed E-state index contributed by atoms with van der Waals surface area (Å²) >= 11 is 0.880. The van der Waals surface area contributed by atoms with Gasteiger partial charge in [-0.15, -0.1) is 0 Å². The number of aliphatic hydroxyl groups is 2. The van der Waals surface area contributed by atoms with E-state index in [-0.39, 0.29) is 65.8 Å². The van der Waals surface area contributed by atoms with Crippen LogP contribution in [0.1, 0.15) is 45.8 Å². The molecule has 0 saturated carbocycles. The zero-order valence-corrected chi connectivity index (χ0v) is 35.4. The van der Waals surface area contributed by atoms with Crippen LogP contribution in [0.25, 0.3) is 11.2 Å². The number of carbonyl (C=O) groups is 4. The zero-order valence-electron chi connectivity index (χ0n) is 31.9. The maximum atomic E-state index is 12.7. The molecule has 2 aromatic rings. The number of aliphatic hydroxyl groups excluding tert-OH is 2. The first-order valence-corrected chi connectivity index (χ1v) is 23.0. The van der Waals surface area contributed by atoms with Crippen LogP contribution in [0.2, 0.25) is 0 Å². The van der Waals surface area contributed by atoms with Gasteiger partial charge in [-0.05, 0) is 19.3 Å². The highest BCUT2D eigenvalue weighted by molar-refractivity contribution is 8.13. The first kappa shape index (κ1) is 51.1. The van der Waals surface area contributed by atoms with Crippen LogP contribution in [0.3, 0.4) is 0 Å². The van der Waals surface area contributed by atoms with E-state index in [1.54, 1.807) is 0 Å². The Morgan fingerprint density at radius 2 is 1.72 bits per heavy atom. The van der Waals surface area contributed by atoms with Crippen molar-refractivity contribution in [3.8, 4) is 0 Å². The van der Waals surface area contributed by atoms with Gasteiger partial charge in [0.2, 0.25) is 16.9 Å². The van der Waals surface area contributed by atoms with Crippen molar-refractivity contribution in [2.75, 3.05) is 37.8 Å². The number of ether oxygens (including phenoxy) is 1. The molecule has 0 bridgehead atoms. The second-order valence-corrected chi connectivity index (χ2v) is 19.0. The van der Waals surface area contributed by atoms with Crippen molar-refractivity contribution in [3.63, 3.8) is 0 Å². The number of fused-ring (bicyclic) bond motifs is 1. The molecule has 8 atom stereocenters. The Kier molecular flexibility index (Phi) is 18.5. The number of nitrogens with zero attached hydrogens (tertiary/aromatic N) is 4. The van der Waals surface area contributed by atoms with Crippen LogP contribution in [0.5, 0.6) is 0 Å². The fraction of sp³-hybridized carbons (Fsp3) is 0.621. The first-order chi connectivity index (χ1) is 27.7. The molecule has 27 nitrogen and oxygen atoms in total. The Labute approximate surface area is 345 Å². The molecule has 338 valence electrons. The van der Waals surface area contributed by atoms with E-state index in [9.17, 15) is 62.7 Å². The summed E-state index contributed by atoms with van der Waals surface area (Å²) in [5.74, 6) is -2.54. The molecule has 3 heterocycles. The van der Waals surface area contributed by atoms with Gasteiger partial charge in [0, 0.05) is 36.3 Å². The number of aliphatic carboxylic acids is 1. The third-order valence-corrected chi connectivity index (χ3v) is 12.4. The van der Waals surface area contributed by atoms with Crippen molar-refractivity contribution in [1.29, 1.82) is 0 Å². The molecule has 3 rings (SSSR count). The molecule has 1 aliphatic heterocycles. The number of phosphoric acid groups is 3. The molecule has 1 fully saturated rings. The van der Waals surface area contributed by atoms with Crippen LogP contribution < -0.4 is 22.1 Å². The largest absolute Gasteiger partial charge is 0.481 e. The lowest BCUT2D eigenvalue weighted by molar-refractivity contribution is -0.137. The summed E-state index contributed by atoms with van der Waals surface area (Å²) < 4.78 is 62.1. The number of hydrogen-bond donors (Lipinski definition) is 11. The number of phosphoric ester groups is 3. The number of carbonyl (C=O) groups excluding carboxylic acids is 3. The summed E-state index contributed by atoms with van der Waals surface area (Å²) in [5.41, 5.74) is 10.0. The number of nitrogens with two attached hydrogens (primary N) is 2. The molecule has 31 heteroatoms. The smallest absolute Gasteiger partial charge is 0.478 e. The number of aromatic nitrogens is 4. The van der Waals surface area contributed by atoms with Crippen LogP contribution in [-0.2, 0) is 55.5 Å². The molecular weight excluding hydrogens is 889 g/mol. The van der Waals surface area contributed by atoms with Crippen molar-refractivity contribution >= 4 is 75.1 Å². The summed E-state index contributed by atoms with van der Waals surface area (Å²) in [6.07, 6.45) is -6.32. The number of carboxylic acids is 1. The zero-order chi connectivity index (χ0) is 45.2. The van der Waals surface area contributed by atoms with Gasteiger partial charge in [0.05, 0.1) is 25.6 Å². The third-order valence-electron chi connectivity index (χ3n) is 8.34. The van der Waals surface area contributed by atoms with E-state index in [1.807, 2.05) is 0 Å². The Bertz CT molecular complexity index is 2020. The minimum atomic E-state index is -5.60. The fourth-order valence-corrected chi connectivity index (χ4v) is 8.72. The minimum absolute atomic E-state index is 0.00794. The fourth-order valence-electron chi connectivity index (χ4n) is 5.15. The summed E-state index contributed by atoms with van der Waals surface area (Å²) in [4.78, 5) is 98.6. The summed E-state index contributed by atoms with van der Waals surface area (Å²) in [7, 11) is -16.5. The van der Waals surface area contributed by atoms with Crippen molar-refractivity contribution in [2.24, 2.45) is 11.1 Å². The highest BCUT2D eigenvalue weighted by atomic mass is 32.2. The highest BCUT2D eigenvalue weighted by Gasteiger charge is 2.50. The highest BCUT2D eigenvalue weighted by Crippen LogP contribution is 2.61. The Morgan fingerprint density at radius 3 is 2.37 bits per heavy atom. The van der Waals surface area contributed by atoms with E-state index in [0.29, 0.717) is 6.42 Å². The second-order valence-electron chi connectivity index (χ2n) is 13.6. The second kappa shape index (κ2) is 21.7. The standard InChI is InChI=1S/C29H47N8O19P3S/c1-15(27(42)43)5-4-6-16(30)28(44)60-10-9-32-18(38)7-8-33-25(41)22(40)29(2,3)12-53-59(50,51)56-58(48,49)52-11-17-21(55-57(45,46)47)20(39)26(54-17)37-14-36-19-23(31)34-13-35-24(19)37/h13-14,16-17,20-22,26,39-40H,1,4-12,30H2,2-3H3,(H,32,38)(H,33,41)(H,42,43)(H,48,49)(H,50,51)(H2,31,34,35)(H2,45,46,47). The number of nitrogens with one attached hydrogen (secondary N) is 2. The molecule has 1 saturated heterocycles. The normalized spacial score (nSPS) is 21.4. The van der Waals surface area contributed by atoms with Gasteiger partial charge < -0.3 is 61.7 Å². The number of hydrogen-bond acceptors (Lipinski definition) is 20. The quantitative estimate of drug-likeness (QED) is 0.0316. The van der Waals surface area contributed by atoms with E-state index in [4.69, 9.17) is 30.4 Å². The maximum Gasteiger partial charge on any atom is 0.481 e. The Hall–Kier alpha value is -3.27. The van der Waals surface area contributed by atoms with Crippen LogP contribution in [0.15, 0.2) is 24.8 Å². The van der Waals surface area contributed by atoms with Gasteiger partial charge in [-0.3, -0.25) is 32.5 Å². The molecule has 0 aliphatic carbocycles. The van der Waals surface area contributed by atoms with E-state index in [0.717, 1.165) is 29.0 Å². The van der Waals surface area contributed by atoms with Gasteiger partial charge in [-0.25, -0.2) is 33.4 Å². The molecule has 2 amide bonds. The Balaban J connectivity index is 1.44. The lowest BCUT2D eigenvalue weighted by Gasteiger charge is -2.30. The van der Waals surface area contributed by atoms with Crippen molar-refractivity contribution in [2.45, 2.75) is 76.2 Å². The van der Waals surface area contributed by atoms with E-state index >= 15 is 0 Å². The van der Waals surface area contributed by atoms with Crippen LogP contribution in [-0.4, -0.2) is 140 Å². The molecular formula is C29H47N8O19P3S. The molecule has 13 N–H and O–H groups in total. The number of carboxylic acid groups (broad SMARTS) is 1. The van der Waals surface area contributed by atoms with Gasteiger partial charge >= 0.3 is 29.4 Å². The lowest BCUT2D eigenvalue weighted by atomic mass is 9.87. The predicted octanol–water partition coefficient (Wildman–Crippen LogP) is -1.20. The van der Waals surface area contributed by atoms with Crippen molar-refractivity contribution in [1.82, 2.24) is 30.2 Å². The average molecular weight is 937 g/mol. The number of amides is 2.